The van der Waals surface area contributed by atoms with E-state index < -0.39 is 0 Å². The van der Waals surface area contributed by atoms with Crippen LogP contribution in [0, 0.1) is 6.92 Å². The molecule has 3 nitrogen and oxygen atoms in total. The number of rotatable bonds is 6. The number of aryl methyl sites for hydroxylation is 1. The third-order valence-corrected chi connectivity index (χ3v) is 4.87. The monoisotopic (exact) mass is 310 g/mol. The minimum Gasteiger partial charge on any atom is -0.495 e. The van der Waals surface area contributed by atoms with Gasteiger partial charge in [-0.2, -0.15) is 0 Å². The number of hydrogen-bond acceptors (Lipinski definition) is 4. The summed E-state index contributed by atoms with van der Waals surface area (Å²) in [6.45, 7) is 5.10. The molecule has 5 heteroatoms. The second kappa shape index (κ2) is 7.07. The van der Waals surface area contributed by atoms with Crippen LogP contribution in [0.2, 0.25) is 5.02 Å². The molecule has 0 radical (unpaired) electrons. The summed E-state index contributed by atoms with van der Waals surface area (Å²) in [5.41, 5.74) is 2.19. The van der Waals surface area contributed by atoms with Gasteiger partial charge in [0.25, 0.3) is 0 Å². The van der Waals surface area contributed by atoms with Gasteiger partial charge in [-0.1, -0.05) is 18.5 Å². The zero-order chi connectivity index (χ0) is 14.5. The average Bonchev–Trinajstić information content (AvgIpc) is 2.80. The number of aromatic nitrogens is 1. The highest BCUT2D eigenvalue weighted by molar-refractivity contribution is 7.10. The van der Waals surface area contributed by atoms with Crippen LogP contribution in [-0.4, -0.2) is 18.6 Å². The lowest BCUT2D eigenvalue weighted by atomic mass is 10.1. The molecular formula is C15H19ClN2OS. The van der Waals surface area contributed by atoms with Crippen LogP contribution < -0.4 is 10.1 Å². The molecule has 108 valence electrons. The fourth-order valence-corrected chi connectivity index (χ4v) is 3.40. The highest BCUT2D eigenvalue weighted by atomic mass is 35.5. The van der Waals surface area contributed by atoms with E-state index in [9.17, 15) is 0 Å². The van der Waals surface area contributed by atoms with E-state index in [0.29, 0.717) is 0 Å². The third-order valence-electron chi connectivity index (χ3n) is 3.09. The van der Waals surface area contributed by atoms with Gasteiger partial charge in [0.15, 0.2) is 0 Å². The Balaban J connectivity index is 2.38. The Morgan fingerprint density at radius 3 is 2.85 bits per heavy atom. The molecule has 0 aliphatic carbocycles. The summed E-state index contributed by atoms with van der Waals surface area (Å²) in [6, 6.07) is 2.06. The fourth-order valence-electron chi connectivity index (χ4n) is 2.00. The first-order valence-electron chi connectivity index (χ1n) is 6.63. The number of ether oxygens (including phenoxy) is 1. The molecule has 0 aliphatic rings. The van der Waals surface area contributed by atoms with Gasteiger partial charge in [-0.15, -0.1) is 11.3 Å². The Kier molecular flexibility index (Phi) is 5.40. The maximum Gasteiger partial charge on any atom is 0.137 e. The highest BCUT2D eigenvalue weighted by Gasteiger charge is 2.20. The molecule has 1 N–H and O–H groups in total. The number of pyridine rings is 1. The molecule has 2 aromatic rings. The molecule has 0 aliphatic heterocycles. The van der Waals surface area contributed by atoms with Crippen molar-refractivity contribution < 1.29 is 4.74 Å². The van der Waals surface area contributed by atoms with Crippen LogP contribution in [0.3, 0.4) is 0 Å². The summed E-state index contributed by atoms with van der Waals surface area (Å²) in [6.07, 6.45) is 4.64. The van der Waals surface area contributed by atoms with Gasteiger partial charge in [0, 0.05) is 11.1 Å². The van der Waals surface area contributed by atoms with Crippen LogP contribution in [-0.2, 0) is 0 Å². The second-order valence-corrected chi connectivity index (χ2v) is 5.93. The van der Waals surface area contributed by atoms with Crippen LogP contribution in [0.1, 0.15) is 35.4 Å². The second-order valence-electron chi connectivity index (χ2n) is 4.64. The lowest BCUT2D eigenvalue weighted by Crippen LogP contribution is -2.22. The lowest BCUT2D eigenvalue weighted by Gasteiger charge is -2.18. The number of hydrogen-bond donors (Lipinski definition) is 1. The van der Waals surface area contributed by atoms with E-state index in [0.717, 1.165) is 39.7 Å². The normalized spacial score (nSPS) is 12.4. The first-order chi connectivity index (χ1) is 9.67. The molecule has 0 saturated carbocycles. The summed E-state index contributed by atoms with van der Waals surface area (Å²) in [7, 11) is 1.65. The summed E-state index contributed by atoms with van der Waals surface area (Å²) < 4.78 is 5.26. The van der Waals surface area contributed by atoms with E-state index in [2.05, 4.69) is 22.6 Å². The topological polar surface area (TPSA) is 34.2 Å². The molecule has 0 fully saturated rings. The third kappa shape index (κ3) is 3.32. The number of methoxy groups -OCH3 is 1. The molecule has 0 spiro atoms. The molecule has 1 atom stereocenters. The predicted octanol–water partition coefficient (Wildman–Crippen LogP) is 4.20. The summed E-state index contributed by atoms with van der Waals surface area (Å²) >= 11 is 8.10. The molecular weight excluding hydrogens is 292 g/mol. The van der Waals surface area contributed by atoms with Gasteiger partial charge in [-0.05, 0) is 42.5 Å². The first-order valence-corrected chi connectivity index (χ1v) is 7.89. The molecule has 0 aromatic carbocycles. The molecule has 2 aromatic heterocycles. The maximum absolute atomic E-state index is 6.42. The van der Waals surface area contributed by atoms with Gasteiger partial charge in [-0.3, -0.25) is 4.98 Å². The Bertz CT molecular complexity index is 571. The Morgan fingerprint density at radius 1 is 1.45 bits per heavy atom. The summed E-state index contributed by atoms with van der Waals surface area (Å²) in [5.74, 6) is 0.759. The Labute approximate surface area is 129 Å². The van der Waals surface area contributed by atoms with Crippen molar-refractivity contribution in [2.75, 3.05) is 13.7 Å². The summed E-state index contributed by atoms with van der Waals surface area (Å²) in [4.78, 5) is 5.38. The van der Waals surface area contributed by atoms with E-state index in [1.807, 2.05) is 19.2 Å². The van der Waals surface area contributed by atoms with Crippen LogP contribution in [0.5, 0.6) is 5.75 Å². The lowest BCUT2D eigenvalue weighted by molar-refractivity contribution is 0.411. The van der Waals surface area contributed by atoms with Crippen molar-refractivity contribution in [2.45, 2.75) is 26.3 Å². The van der Waals surface area contributed by atoms with E-state index in [1.165, 1.54) is 0 Å². The zero-order valence-electron chi connectivity index (χ0n) is 11.9. The first kappa shape index (κ1) is 15.3. The predicted molar refractivity (Wildman–Crippen MR) is 85.0 cm³/mol. The van der Waals surface area contributed by atoms with Crippen molar-refractivity contribution in [3.05, 3.63) is 44.9 Å². The van der Waals surface area contributed by atoms with Crippen LogP contribution in [0.4, 0.5) is 0 Å². The van der Waals surface area contributed by atoms with E-state index in [1.54, 1.807) is 24.6 Å². The number of nitrogens with zero attached hydrogens (tertiary/aromatic N) is 1. The minimum absolute atomic E-state index is 0.0590. The number of halogens is 1. The van der Waals surface area contributed by atoms with Crippen LogP contribution in [0.25, 0.3) is 0 Å². The van der Waals surface area contributed by atoms with Gasteiger partial charge in [-0.25, -0.2) is 0 Å². The molecule has 20 heavy (non-hydrogen) atoms. The fraction of sp³-hybridized carbons (Fsp3) is 0.400. The van der Waals surface area contributed by atoms with Crippen molar-refractivity contribution in [1.82, 2.24) is 10.3 Å². The van der Waals surface area contributed by atoms with Gasteiger partial charge in [0.05, 0.1) is 24.4 Å². The molecule has 2 rings (SSSR count). The van der Waals surface area contributed by atoms with Gasteiger partial charge < -0.3 is 10.1 Å². The molecule has 0 saturated heterocycles. The Hall–Kier alpha value is -1.10. The molecule has 2 heterocycles. The van der Waals surface area contributed by atoms with E-state index in [4.69, 9.17) is 16.3 Å². The van der Waals surface area contributed by atoms with Gasteiger partial charge in [0.2, 0.25) is 0 Å². The standard InChI is InChI=1S/C15H19ClN2OS/c1-4-5-18-14(15-13(16)10(2)9-20-15)11-6-12(19-3)8-17-7-11/h6-9,14,18H,4-5H2,1-3H3. The summed E-state index contributed by atoms with van der Waals surface area (Å²) in [5, 5.41) is 6.47. The van der Waals surface area contributed by atoms with Crippen LogP contribution in [0.15, 0.2) is 23.8 Å². The number of nitrogens with one attached hydrogen (secondary N) is 1. The van der Waals surface area contributed by atoms with Crippen molar-refractivity contribution in [2.24, 2.45) is 0 Å². The average molecular weight is 311 g/mol. The number of thiophene rings is 1. The molecule has 0 amide bonds. The maximum atomic E-state index is 6.42. The molecule has 1 unspecified atom stereocenters. The van der Waals surface area contributed by atoms with Crippen LogP contribution >= 0.6 is 22.9 Å². The van der Waals surface area contributed by atoms with Crippen molar-refractivity contribution in [3.8, 4) is 5.75 Å². The smallest absolute Gasteiger partial charge is 0.137 e. The zero-order valence-corrected chi connectivity index (χ0v) is 13.5. The molecule has 0 bridgehead atoms. The van der Waals surface area contributed by atoms with E-state index in [-0.39, 0.29) is 6.04 Å². The van der Waals surface area contributed by atoms with Gasteiger partial charge in [0.1, 0.15) is 5.75 Å². The Morgan fingerprint density at radius 2 is 2.25 bits per heavy atom. The largest absolute Gasteiger partial charge is 0.495 e. The SMILES string of the molecule is CCCNC(c1cncc(OC)c1)c1scc(C)c1Cl. The highest BCUT2D eigenvalue weighted by Crippen LogP contribution is 2.36. The van der Waals surface area contributed by atoms with Crippen molar-refractivity contribution in [3.63, 3.8) is 0 Å². The van der Waals surface area contributed by atoms with Crippen molar-refractivity contribution >= 4 is 22.9 Å². The van der Waals surface area contributed by atoms with Gasteiger partial charge >= 0.3 is 0 Å². The van der Waals surface area contributed by atoms with Crippen molar-refractivity contribution in [1.29, 1.82) is 0 Å². The minimum atomic E-state index is 0.0590. The quantitative estimate of drug-likeness (QED) is 0.868. The van der Waals surface area contributed by atoms with E-state index >= 15 is 0 Å².